The lowest BCUT2D eigenvalue weighted by Gasteiger charge is -2.14. The van der Waals surface area contributed by atoms with Gasteiger partial charge in [0.1, 0.15) is 0 Å². The standard InChI is InChI=1S/C14H13FN2/c15-14-8-6-11(9-16-14)17-13-7-5-10-3-1-2-4-12(10)13/h1-4,6,8-9,13,17H,5,7H2. The highest BCUT2D eigenvalue weighted by molar-refractivity contribution is 5.46. The number of rotatable bonds is 2. The van der Waals surface area contributed by atoms with E-state index in [0.29, 0.717) is 6.04 Å². The summed E-state index contributed by atoms with van der Waals surface area (Å²) in [6.07, 6.45) is 3.72. The molecular formula is C14H13FN2. The van der Waals surface area contributed by atoms with E-state index >= 15 is 0 Å². The maximum atomic E-state index is 12.7. The van der Waals surface area contributed by atoms with E-state index in [-0.39, 0.29) is 0 Å². The van der Waals surface area contributed by atoms with Crippen molar-refractivity contribution in [3.05, 3.63) is 59.7 Å². The molecule has 1 aliphatic rings. The fraction of sp³-hybridized carbons (Fsp3) is 0.214. The molecule has 0 bridgehead atoms. The molecule has 0 amide bonds. The first-order chi connectivity index (χ1) is 8.33. The first kappa shape index (κ1) is 10.3. The molecule has 1 unspecified atom stereocenters. The molecule has 2 aromatic rings. The van der Waals surface area contributed by atoms with Crippen molar-refractivity contribution in [3.8, 4) is 0 Å². The topological polar surface area (TPSA) is 24.9 Å². The van der Waals surface area contributed by atoms with Crippen molar-refractivity contribution >= 4 is 5.69 Å². The molecule has 0 radical (unpaired) electrons. The Kier molecular flexibility index (Phi) is 2.52. The van der Waals surface area contributed by atoms with Gasteiger partial charge >= 0.3 is 0 Å². The van der Waals surface area contributed by atoms with Crippen molar-refractivity contribution in [3.63, 3.8) is 0 Å². The van der Waals surface area contributed by atoms with Crippen LogP contribution in [0.25, 0.3) is 0 Å². The summed E-state index contributed by atoms with van der Waals surface area (Å²) < 4.78 is 12.7. The molecule has 2 nitrogen and oxygen atoms in total. The molecule has 3 heteroatoms. The third kappa shape index (κ3) is 2.00. The molecule has 1 aromatic carbocycles. The zero-order valence-electron chi connectivity index (χ0n) is 9.36. The largest absolute Gasteiger partial charge is 0.377 e. The Balaban J connectivity index is 1.81. The Hall–Kier alpha value is -1.90. The fourth-order valence-electron chi connectivity index (χ4n) is 2.37. The van der Waals surface area contributed by atoms with Crippen molar-refractivity contribution in [2.75, 3.05) is 5.32 Å². The second-order valence-electron chi connectivity index (χ2n) is 4.30. The molecule has 3 rings (SSSR count). The molecule has 1 heterocycles. The van der Waals surface area contributed by atoms with Gasteiger partial charge in [-0.3, -0.25) is 0 Å². The summed E-state index contributed by atoms with van der Waals surface area (Å²) in [7, 11) is 0. The summed E-state index contributed by atoms with van der Waals surface area (Å²) >= 11 is 0. The second-order valence-corrected chi connectivity index (χ2v) is 4.30. The van der Waals surface area contributed by atoms with Crippen LogP contribution < -0.4 is 5.32 Å². The highest BCUT2D eigenvalue weighted by Gasteiger charge is 2.21. The minimum absolute atomic E-state index is 0.318. The fourth-order valence-corrected chi connectivity index (χ4v) is 2.37. The number of aromatic nitrogens is 1. The van der Waals surface area contributed by atoms with Crippen LogP contribution in [0.2, 0.25) is 0 Å². The number of fused-ring (bicyclic) bond motifs is 1. The van der Waals surface area contributed by atoms with Crippen LogP contribution in [0.4, 0.5) is 10.1 Å². The summed E-state index contributed by atoms with van der Waals surface area (Å²) in [5, 5.41) is 3.40. The summed E-state index contributed by atoms with van der Waals surface area (Å²) in [6, 6.07) is 11.9. The molecular weight excluding hydrogens is 215 g/mol. The Bertz CT molecular complexity index is 522. The van der Waals surface area contributed by atoms with E-state index in [4.69, 9.17) is 0 Å². The summed E-state index contributed by atoms with van der Waals surface area (Å²) in [5.41, 5.74) is 3.62. The predicted molar refractivity (Wildman–Crippen MR) is 65.3 cm³/mol. The van der Waals surface area contributed by atoms with Crippen LogP contribution in [-0.2, 0) is 6.42 Å². The quantitative estimate of drug-likeness (QED) is 0.797. The summed E-state index contributed by atoms with van der Waals surface area (Å²) in [4.78, 5) is 3.65. The van der Waals surface area contributed by atoms with Crippen LogP contribution in [0, 0.1) is 5.95 Å². The number of hydrogen-bond donors (Lipinski definition) is 1. The molecule has 0 aliphatic heterocycles. The van der Waals surface area contributed by atoms with Gasteiger partial charge in [-0.2, -0.15) is 4.39 Å². The zero-order valence-corrected chi connectivity index (χ0v) is 9.36. The third-order valence-corrected chi connectivity index (χ3v) is 3.20. The molecule has 0 spiro atoms. The van der Waals surface area contributed by atoms with Crippen LogP contribution in [0.15, 0.2) is 42.6 Å². The second kappa shape index (κ2) is 4.17. The number of benzene rings is 1. The number of anilines is 1. The molecule has 1 aromatic heterocycles. The molecule has 17 heavy (non-hydrogen) atoms. The van der Waals surface area contributed by atoms with Crippen molar-refractivity contribution in [1.82, 2.24) is 4.98 Å². The number of halogens is 1. The Morgan fingerprint density at radius 3 is 2.88 bits per heavy atom. The van der Waals surface area contributed by atoms with E-state index in [2.05, 4.69) is 34.6 Å². The third-order valence-electron chi connectivity index (χ3n) is 3.20. The van der Waals surface area contributed by atoms with Crippen LogP contribution in [-0.4, -0.2) is 4.98 Å². The number of aryl methyl sites for hydroxylation is 1. The highest BCUT2D eigenvalue weighted by atomic mass is 19.1. The molecule has 1 N–H and O–H groups in total. The van der Waals surface area contributed by atoms with Crippen molar-refractivity contribution in [2.24, 2.45) is 0 Å². The van der Waals surface area contributed by atoms with Crippen LogP contribution in [0.1, 0.15) is 23.6 Å². The minimum atomic E-state index is -0.442. The van der Waals surface area contributed by atoms with Gasteiger partial charge < -0.3 is 5.32 Å². The summed E-state index contributed by atoms with van der Waals surface area (Å²) in [6.45, 7) is 0. The van der Waals surface area contributed by atoms with E-state index in [9.17, 15) is 4.39 Å². The number of nitrogens with zero attached hydrogens (tertiary/aromatic N) is 1. The molecule has 0 fully saturated rings. The maximum Gasteiger partial charge on any atom is 0.212 e. The van der Waals surface area contributed by atoms with Gasteiger partial charge in [-0.1, -0.05) is 24.3 Å². The monoisotopic (exact) mass is 228 g/mol. The van der Waals surface area contributed by atoms with Gasteiger partial charge in [0.25, 0.3) is 0 Å². The first-order valence-corrected chi connectivity index (χ1v) is 5.79. The number of nitrogens with one attached hydrogen (secondary N) is 1. The van der Waals surface area contributed by atoms with Crippen LogP contribution in [0.5, 0.6) is 0 Å². The van der Waals surface area contributed by atoms with Gasteiger partial charge in [-0.25, -0.2) is 4.98 Å². The Morgan fingerprint density at radius 2 is 2.06 bits per heavy atom. The van der Waals surface area contributed by atoms with E-state index in [0.717, 1.165) is 18.5 Å². The lowest BCUT2D eigenvalue weighted by Crippen LogP contribution is -2.07. The zero-order chi connectivity index (χ0) is 11.7. The van der Waals surface area contributed by atoms with E-state index in [1.54, 1.807) is 6.07 Å². The molecule has 86 valence electrons. The minimum Gasteiger partial charge on any atom is -0.377 e. The van der Waals surface area contributed by atoms with Crippen molar-refractivity contribution < 1.29 is 4.39 Å². The van der Waals surface area contributed by atoms with E-state index in [1.807, 2.05) is 0 Å². The molecule has 1 aliphatic carbocycles. The maximum absolute atomic E-state index is 12.7. The molecule has 0 saturated heterocycles. The average molecular weight is 228 g/mol. The van der Waals surface area contributed by atoms with Gasteiger partial charge in [0.15, 0.2) is 0 Å². The Labute approximate surface area is 99.5 Å². The Morgan fingerprint density at radius 1 is 1.18 bits per heavy atom. The van der Waals surface area contributed by atoms with Gasteiger partial charge in [-0.15, -0.1) is 0 Å². The predicted octanol–water partition coefficient (Wildman–Crippen LogP) is 3.32. The van der Waals surface area contributed by atoms with Gasteiger partial charge in [0, 0.05) is 0 Å². The highest BCUT2D eigenvalue weighted by Crippen LogP contribution is 2.33. The van der Waals surface area contributed by atoms with Crippen molar-refractivity contribution in [1.29, 1.82) is 0 Å². The van der Waals surface area contributed by atoms with Gasteiger partial charge in [0.05, 0.1) is 17.9 Å². The van der Waals surface area contributed by atoms with Crippen LogP contribution >= 0.6 is 0 Å². The summed E-state index contributed by atoms with van der Waals surface area (Å²) in [5.74, 6) is -0.442. The average Bonchev–Trinajstić information content (AvgIpc) is 2.76. The SMILES string of the molecule is Fc1ccc(NC2CCc3ccccc32)cn1. The van der Waals surface area contributed by atoms with Gasteiger partial charge in [0.2, 0.25) is 5.95 Å². The number of pyridine rings is 1. The smallest absolute Gasteiger partial charge is 0.212 e. The normalized spacial score (nSPS) is 17.8. The number of hydrogen-bond acceptors (Lipinski definition) is 2. The van der Waals surface area contributed by atoms with E-state index in [1.165, 1.54) is 23.4 Å². The molecule has 0 saturated carbocycles. The molecule has 1 atom stereocenters. The van der Waals surface area contributed by atoms with Crippen LogP contribution in [0.3, 0.4) is 0 Å². The van der Waals surface area contributed by atoms with Crippen molar-refractivity contribution in [2.45, 2.75) is 18.9 Å². The first-order valence-electron chi connectivity index (χ1n) is 5.79. The van der Waals surface area contributed by atoms with E-state index < -0.39 is 5.95 Å². The lowest BCUT2D eigenvalue weighted by molar-refractivity contribution is 0.583. The lowest BCUT2D eigenvalue weighted by atomic mass is 10.1. The van der Waals surface area contributed by atoms with Gasteiger partial charge in [-0.05, 0) is 36.1 Å².